The van der Waals surface area contributed by atoms with Crippen molar-refractivity contribution in [1.29, 1.82) is 0 Å². The smallest absolute Gasteiger partial charge is 0.337 e. The van der Waals surface area contributed by atoms with Gasteiger partial charge in [-0.25, -0.2) is 4.79 Å². The summed E-state index contributed by atoms with van der Waals surface area (Å²) in [6.07, 6.45) is 6.49. The normalized spacial score (nSPS) is 23.2. The molecule has 2 aromatic carbocycles. The van der Waals surface area contributed by atoms with Crippen LogP contribution in [0.1, 0.15) is 59.3 Å². The summed E-state index contributed by atoms with van der Waals surface area (Å²) in [6.45, 7) is 6.79. The van der Waals surface area contributed by atoms with E-state index >= 15 is 0 Å². The fourth-order valence-electron chi connectivity index (χ4n) is 5.79. The van der Waals surface area contributed by atoms with Gasteiger partial charge in [0, 0.05) is 5.41 Å². The van der Waals surface area contributed by atoms with Crippen LogP contribution in [0, 0.1) is 5.41 Å². The Morgan fingerprint density at radius 2 is 1.37 bits per heavy atom. The molecule has 0 heterocycles. The molecule has 2 fully saturated rings. The quantitative estimate of drug-likeness (QED) is 0.511. The lowest BCUT2D eigenvalue weighted by molar-refractivity contribution is -0.154. The van der Waals surface area contributed by atoms with Crippen molar-refractivity contribution in [2.45, 2.75) is 69.9 Å². The molecule has 4 rings (SSSR count). The van der Waals surface area contributed by atoms with Crippen LogP contribution in [0.2, 0.25) is 5.04 Å². The third-order valence-electron chi connectivity index (χ3n) is 7.39. The van der Waals surface area contributed by atoms with E-state index in [1.165, 1.54) is 36.7 Å². The Labute approximate surface area is 181 Å². The summed E-state index contributed by atoms with van der Waals surface area (Å²) in [5.74, 6) is -0.183. The van der Waals surface area contributed by atoms with E-state index in [0.717, 1.165) is 19.3 Å². The zero-order chi connectivity index (χ0) is 21.5. The minimum absolute atomic E-state index is 0.0641. The number of hydrogen-bond acceptors (Lipinski definition) is 3. The second kappa shape index (κ2) is 7.65. The number of methoxy groups -OCH3 is 1. The number of ether oxygens (including phenoxy) is 1. The van der Waals surface area contributed by atoms with E-state index in [2.05, 4.69) is 69.3 Å². The zero-order valence-electron chi connectivity index (χ0n) is 18.7. The number of hydrogen-bond donors (Lipinski definition) is 0. The molecule has 3 nitrogen and oxygen atoms in total. The summed E-state index contributed by atoms with van der Waals surface area (Å²) in [5, 5.41) is 2.27. The lowest BCUT2D eigenvalue weighted by Gasteiger charge is -2.46. The Morgan fingerprint density at radius 1 is 0.867 bits per heavy atom. The third-order valence-corrected chi connectivity index (χ3v) is 12.4. The fourth-order valence-corrected chi connectivity index (χ4v) is 10.6. The number of carbonyl (C=O) groups excluding carboxylic acids is 1. The van der Waals surface area contributed by atoms with Gasteiger partial charge in [-0.3, -0.25) is 0 Å². The van der Waals surface area contributed by atoms with Crippen LogP contribution in [0.5, 0.6) is 0 Å². The van der Waals surface area contributed by atoms with E-state index in [9.17, 15) is 4.79 Å². The summed E-state index contributed by atoms with van der Waals surface area (Å²) in [5.41, 5.74) is -0.890. The van der Waals surface area contributed by atoms with Crippen molar-refractivity contribution in [3.8, 4) is 0 Å². The molecule has 0 aliphatic heterocycles. The monoisotopic (exact) mass is 422 g/mol. The molecule has 0 amide bonds. The van der Waals surface area contributed by atoms with Crippen molar-refractivity contribution < 1.29 is 14.0 Å². The number of carbonyl (C=O) groups is 1. The van der Waals surface area contributed by atoms with E-state index in [-0.39, 0.29) is 16.4 Å². The van der Waals surface area contributed by atoms with Gasteiger partial charge in [0.15, 0.2) is 5.60 Å². The van der Waals surface area contributed by atoms with Gasteiger partial charge in [-0.2, -0.15) is 0 Å². The molecule has 160 valence electrons. The molecule has 0 N–H and O–H groups in total. The van der Waals surface area contributed by atoms with Crippen molar-refractivity contribution in [2.75, 3.05) is 7.11 Å². The molecule has 0 saturated heterocycles. The Hall–Kier alpha value is -1.91. The van der Waals surface area contributed by atoms with E-state index in [0.29, 0.717) is 0 Å². The maximum absolute atomic E-state index is 13.3. The van der Waals surface area contributed by atoms with E-state index in [4.69, 9.17) is 9.16 Å². The van der Waals surface area contributed by atoms with Gasteiger partial charge in [0.05, 0.1) is 7.11 Å². The van der Waals surface area contributed by atoms with Crippen LogP contribution < -0.4 is 10.4 Å². The molecule has 0 bridgehead atoms. The molecule has 4 heteroatoms. The van der Waals surface area contributed by atoms with Crippen LogP contribution in [0.4, 0.5) is 0 Å². The van der Waals surface area contributed by atoms with Crippen molar-refractivity contribution >= 4 is 24.7 Å². The molecule has 30 heavy (non-hydrogen) atoms. The first-order valence-corrected chi connectivity index (χ1v) is 13.1. The summed E-state index contributed by atoms with van der Waals surface area (Å²) in [7, 11) is -1.30. The first-order chi connectivity index (χ1) is 14.3. The molecule has 1 atom stereocenters. The first-order valence-electron chi connectivity index (χ1n) is 11.2. The molecule has 0 radical (unpaired) electrons. The van der Waals surface area contributed by atoms with Crippen LogP contribution in [0.25, 0.3) is 0 Å². The van der Waals surface area contributed by atoms with Gasteiger partial charge in [-0.1, -0.05) is 101 Å². The standard InChI is InChI=1S/C26H34O3Si/c1-24(2,3)30(21-14-8-5-9-15-21,22-16-10-6-11-17-22)29-26(23(27)28-4)20-25(26)18-12-7-13-19-25/h5-6,8-11,14-17H,7,12-13,18-20H2,1-4H3. The average Bonchev–Trinajstić information content (AvgIpc) is 3.38. The predicted molar refractivity (Wildman–Crippen MR) is 124 cm³/mol. The summed E-state index contributed by atoms with van der Waals surface area (Å²) in [6, 6.07) is 21.2. The van der Waals surface area contributed by atoms with E-state index in [1.54, 1.807) is 0 Å². The van der Waals surface area contributed by atoms with Crippen LogP contribution in [-0.2, 0) is 14.0 Å². The predicted octanol–water partition coefficient (Wildman–Crippen LogP) is 4.83. The Bertz CT molecular complexity index is 842. The van der Waals surface area contributed by atoms with Gasteiger partial charge in [-0.15, -0.1) is 0 Å². The highest BCUT2D eigenvalue weighted by molar-refractivity contribution is 6.99. The maximum atomic E-state index is 13.3. The molecule has 1 unspecified atom stereocenters. The maximum Gasteiger partial charge on any atom is 0.337 e. The van der Waals surface area contributed by atoms with Crippen molar-refractivity contribution in [3.05, 3.63) is 60.7 Å². The molecular weight excluding hydrogens is 388 g/mol. The SMILES string of the molecule is COC(=O)C1(O[Si](c2ccccc2)(c2ccccc2)C(C)(C)C)CC12CCCCC2. The third kappa shape index (κ3) is 3.16. The van der Waals surface area contributed by atoms with E-state index < -0.39 is 13.9 Å². The molecule has 2 aromatic rings. The average molecular weight is 423 g/mol. The van der Waals surface area contributed by atoms with Gasteiger partial charge in [0.2, 0.25) is 0 Å². The van der Waals surface area contributed by atoms with Crippen LogP contribution in [-0.4, -0.2) is 27.0 Å². The van der Waals surface area contributed by atoms with Crippen molar-refractivity contribution in [2.24, 2.45) is 5.41 Å². The lowest BCUT2D eigenvalue weighted by atomic mass is 9.83. The van der Waals surface area contributed by atoms with Crippen LogP contribution >= 0.6 is 0 Å². The Morgan fingerprint density at radius 3 is 1.80 bits per heavy atom. The van der Waals surface area contributed by atoms with Crippen LogP contribution in [0.3, 0.4) is 0 Å². The second-order valence-corrected chi connectivity index (χ2v) is 14.3. The topological polar surface area (TPSA) is 35.5 Å². The highest BCUT2D eigenvalue weighted by Gasteiger charge is 2.76. The van der Waals surface area contributed by atoms with Gasteiger partial charge >= 0.3 is 5.97 Å². The molecular formula is C26H34O3Si. The van der Waals surface area contributed by atoms with Gasteiger partial charge < -0.3 is 9.16 Å². The molecule has 2 aliphatic rings. The Balaban J connectivity index is 1.91. The number of esters is 1. The van der Waals surface area contributed by atoms with E-state index in [1.807, 2.05) is 12.1 Å². The van der Waals surface area contributed by atoms with Gasteiger partial charge in [0.25, 0.3) is 8.32 Å². The summed E-state index contributed by atoms with van der Waals surface area (Å²) in [4.78, 5) is 13.3. The highest BCUT2D eigenvalue weighted by Crippen LogP contribution is 2.68. The highest BCUT2D eigenvalue weighted by atomic mass is 28.4. The number of rotatable bonds is 5. The molecule has 1 spiro atoms. The number of benzene rings is 2. The second-order valence-electron chi connectivity index (χ2n) is 10.1. The minimum Gasteiger partial charge on any atom is -0.467 e. The first kappa shape index (κ1) is 21.3. The van der Waals surface area contributed by atoms with Gasteiger partial charge in [-0.05, 0) is 34.7 Å². The van der Waals surface area contributed by atoms with Crippen molar-refractivity contribution in [1.82, 2.24) is 0 Å². The summed E-state index contributed by atoms with van der Waals surface area (Å²) >= 11 is 0. The molecule has 0 aromatic heterocycles. The largest absolute Gasteiger partial charge is 0.467 e. The molecule has 2 saturated carbocycles. The molecule has 2 aliphatic carbocycles. The van der Waals surface area contributed by atoms with Crippen molar-refractivity contribution in [3.63, 3.8) is 0 Å². The van der Waals surface area contributed by atoms with Crippen LogP contribution in [0.15, 0.2) is 60.7 Å². The Kier molecular flexibility index (Phi) is 5.44. The zero-order valence-corrected chi connectivity index (χ0v) is 19.7. The fraction of sp³-hybridized carbons (Fsp3) is 0.500. The summed E-state index contributed by atoms with van der Waals surface area (Å²) < 4.78 is 12.8. The minimum atomic E-state index is -2.81. The lowest BCUT2D eigenvalue weighted by Crippen LogP contribution is -2.69. The van der Waals surface area contributed by atoms with Gasteiger partial charge in [0.1, 0.15) is 0 Å².